The Labute approximate surface area is 147 Å². The Kier molecular flexibility index (Phi) is 4.73. The van der Waals surface area contributed by atoms with Crippen molar-refractivity contribution in [2.24, 2.45) is 0 Å². The third-order valence-corrected chi connectivity index (χ3v) is 4.53. The van der Waals surface area contributed by atoms with Crippen LogP contribution >= 0.6 is 11.3 Å². The highest BCUT2D eigenvalue weighted by molar-refractivity contribution is 7.18. The van der Waals surface area contributed by atoms with Crippen LogP contribution in [-0.2, 0) is 16.0 Å². The van der Waals surface area contributed by atoms with Gasteiger partial charge in [-0.25, -0.2) is 9.83 Å². The molecule has 2 N–H and O–H groups in total. The van der Waals surface area contributed by atoms with Gasteiger partial charge in [-0.15, -0.1) is 11.3 Å². The van der Waals surface area contributed by atoms with Crippen molar-refractivity contribution in [2.45, 2.75) is 6.42 Å². The van der Waals surface area contributed by atoms with Gasteiger partial charge in [0.1, 0.15) is 11.6 Å². The van der Waals surface area contributed by atoms with Crippen molar-refractivity contribution < 1.29 is 14.7 Å². The van der Waals surface area contributed by atoms with E-state index >= 15 is 0 Å². The van der Waals surface area contributed by atoms with E-state index in [4.69, 9.17) is 11.7 Å². The molecule has 1 heterocycles. The van der Waals surface area contributed by atoms with Gasteiger partial charge in [0.05, 0.1) is 23.2 Å². The zero-order chi connectivity index (χ0) is 17.8. The van der Waals surface area contributed by atoms with Crippen LogP contribution in [0.3, 0.4) is 0 Å². The van der Waals surface area contributed by atoms with Crippen LogP contribution < -0.4 is 5.32 Å². The Morgan fingerprint density at radius 3 is 2.56 bits per heavy atom. The first-order valence-electron chi connectivity index (χ1n) is 7.41. The van der Waals surface area contributed by atoms with Crippen LogP contribution in [0.2, 0.25) is 0 Å². The molecule has 0 saturated heterocycles. The minimum atomic E-state index is -1.08. The van der Waals surface area contributed by atoms with Crippen LogP contribution in [0.25, 0.3) is 26.2 Å². The fourth-order valence-corrected chi connectivity index (χ4v) is 3.34. The van der Waals surface area contributed by atoms with Gasteiger partial charge < -0.3 is 10.4 Å². The predicted molar refractivity (Wildman–Crippen MR) is 95.7 cm³/mol. The molecule has 1 aromatic heterocycles. The minimum absolute atomic E-state index is 0.0572. The summed E-state index contributed by atoms with van der Waals surface area (Å²) in [6, 6.07) is 13.2. The van der Waals surface area contributed by atoms with Crippen LogP contribution in [0.1, 0.15) is 5.01 Å². The lowest BCUT2D eigenvalue weighted by molar-refractivity contribution is -0.137. The van der Waals surface area contributed by atoms with Crippen molar-refractivity contribution in [2.75, 3.05) is 6.54 Å². The molecule has 25 heavy (non-hydrogen) atoms. The van der Waals surface area contributed by atoms with E-state index in [9.17, 15) is 9.59 Å². The van der Waals surface area contributed by atoms with Crippen molar-refractivity contribution in [1.82, 2.24) is 10.3 Å². The number of aliphatic carboxylic acids is 1. The summed E-state index contributed by atoms with van der Waals surface area (Å²) in [6.45, 7) is 6.60. The number of rotatable bonds is 5. The minimum Gasteiger partial charge on any atom is -0.480 e. The van der Waals surface area contributed by atoms with E-state index in [0.717, 1.165) is 21.3 Å². The van der Waals surface area contributed by atoms with Gasteiger partial charge in [-0.2, -0.15) is 0 Å². The highest BCUT2D eigenvalue weighted by atomic mass is 32.1. The van der Waals surface area contributed by atoms with E-state index in [1.54, 1.807) is 12.1 Å². The molecule has 0 aliphatic heterocycles. The Morgan fingerprint density at radius 1 is 1.16 bits per heavy atom. The van der Waals surface area contributed by atoms with E-state index in [0.29, 0.717) is 10.7 Å². The van der Waals surface area contributed by atoms with Gasteiger partial charge >= 0.3 is 5.97 Å². The van der Waals surface area contributed by atoms with Crippen LogP contribution in [-0.4, -0.2) is 28.5 Å². The first-order valence-corrected chi connectivity index (χ1v) is 8.22. The van der Waals surface area contributed by atoms with Gasteiger partial charge in [0.25, 0.3) is 0 Å². The Morgan fingerprint density at radius 2 is 1.88 bits per heavy atom. The predicted octanol–water partition coefficient (Wildman–Crippen LogP) is 3.26. The number of aromatic nitrogens is 1. The zero-order valence-electron chi connectivity index (χ0n) is 13.0. The maximum absolute atomic E-state index is 11.7. The summed E-state index contributed by atoms with van der Waals surface area (Å²) < 4.78 is 0.952. The molecule has 3 rings (SSSR count). The molecule has 0 aliphatic carbocycles. The average Bonchev–Trinajstić information content (AvgIpc) is 3.01. The van der Waals surface area contributed by atoms with Crippen molar-refractivity contribution >= 4 is 39.1 Å². The van der Waals surface area contributed by atoms with E-state index < -0.39 is 12.5 Å². The van der Waals surface area contributed by atoms with Crippen LogP contribution in [0.4, 0.5) is 5.69 Å². The molecule has 0 aliphatic rings. The highest BCUT2D eigenvalue weighted by Gasteiger charge is 2.11. The third-order valence-electron chi connectivity index (χ3n) is 3.51. The largest absolute Gasteiger partial charge is 0.480 e. The molecule has 0 atom stereocenters. The van der Waals surface area contributed by atoms with Gasteiger partial charge in [0, 0.05) is 0 Å². The van der Waals surface area contributed by atoms with E-state index in [-0.39, 0.29) is 12.3 Å². The normalized spacial score (nSPS) is 10.4. The second-order valence-corrected chi connectivity index (χ2v) is 6.41. The lowest BCUT2D eigenvalue weighted by atomic mass is 10.1. The molecule has 0 saturated carbocycles. The number of benzene rings is 2. The standard InChI is InChI=1S/C18H13N3O3S/c1-19-13-5-2-11(3-6-13)12-4-7-14-15(8-12)25-17(21-14)9-16(22)20-10-18(23)24/h2-8H,9-10H2,(H,20,22)(H,23,24). The summed E-state index contributed by atoms with van der Waals surface area (Å²) in [5.41, 5.74) is 3.41. The molecular weight excluding hydrogens is 338 g/mol. The Bertz CT molecular complexity index is 987. The highest BCUT2D eigenvalue weighted by Crippen LogP contribution is 2.29. The number of nitrogens with zero attached hydrogens (tertiary/aromatic N) is 2. The van der Waals surface area contributed by atoms with Crippen molar-refractivity contribution in [3.05, 3.63) is 58.9 Å². The lowest BCUT2D eigenvalue weighted by Gasteiger charge is -2.01. The molecule has 0 bridgehead atoms. The topological polar surface area (TPSA) is 83.7 Å². The number of hydrogen-bond donors (Lipinski definition) is 2. The Hall–Kier alpha value is -3.24. The third kappa shape index (κ3) is 4.00. The van der Waals surface area contributed by atoms with Crippen LogP contribution in [0.15, 0.2) is 42.5 Å². The number of amides is 1. The second-order valence-electron chi connectivity index (χ2n) is 5.30. The second kappa shape index (κ2) is 7.11. The summed E-state index contributed by atoms with van der Waals surface area (Å²) in [5.74, 6) is -1.44. The number of carboxylic acids is 1. The molecule has 0 spiro atoms. The number of nitrogens with one attached hydrogen (secondary N) is 1. The molecule has 6 nitrogen and oxygen atoms in total. The summed E-state index contributed by atoms with van der Waals surface area (Å²) in [7, 11) is 0. The molecule has 7 heteroatoms. The molecule has 1 amide bonds. The Balaban J connectivity index is 1.80. The van der Waals surface area contributed by atoms with Crippen molar-refractivity contribution in [3.8, 4) is 11.1 Å². The average molecular weight is 351 g/mol. The van der Waals surface area contributed by atoms with Gasteiger partial charge in [-0.1, -0.05) is 30.3 Å². The molecule has 2 aromatic carbocycles. The molecular formula is C18H13N3O3S. The zero-order valence-corrected chi connectivity index (χ0v) is 13.8. The van der Waals surface area contributed by atoms with Crippen LogP contribution in [0, 0.1) is 6.57 Å². The van der Waals surface area contributed by atoms with E-state index in [2.05, 4.69) is 15.1 Å². The van der Waals surface area contributed by atoms with E-state index in [1.165, 1.54) is 11.3 Å². The van der Waals surface area contributed by atoms with Gasteiger partial charge in [0.2, 0.25) is 5.91 Å². The molecule has 0 unspecified atom stereocenters. The first kappa shape index (κ1) is 16.6. The molecule has 3 aromatic rings. The lowest BCUT2D eigenvalue weighted by Crippen LogP contribution is -2.30. The number of fused-ring (bicyclic) bond motifs is 1. The van der Waals surface area contributed by atoms with Gasteiger partial charge in [-0.3, -0.25) is 9.59 Å². The van der Waals surface area contributed by atoms with Gasteiger partial charge in [0.15, 0.2) is 5.69 Å². The number of thiazole rings is 1. The number of carbonyl (C=O) groups is 2. The first-order chi connectivity index (χ1) is 12.0. The van der Waals surface area contributed by atoms with E-state index in [1.807, 2.05) is 30.3 Å². The number of hydrogen-bond acceptors (Lipinski definition) is 4. The van der Waals surface area contributed by atoms with Crippen LogP contribution in [0.5, 0.6) is 0 Å². The quantitative estimate of drug-likeness (QED) is 0.691. The van der Waals surface area contributed by atoms with Crippen molar-refractivity contribution in [1.29, 1.82) is 0 Å². The summed E-state index contributed by atoms with van der Waals surface area (Å²) in [4.78, 5) is 30.0. The summed E-state index contributed by atoms with van der Waals surface area (Å²) >= 11 is 1.41. The molecule has 0 radical (unpaired) electrons. The maximum Gasteiger partial charge on any atom is 0.322 e. The number of carboxylic acid groups (broad SMARTS) is 1. The van der Waals surface area contributed by atoms with Gasteiger partial charge in [-0.05, 0) is 23.3 Å². The fraction of sp³-hybridized carbons (Fsp3) is 0.111. The molecule has 0 fully saturated rings. The fourth-order valence-electron chi connectivity index (χ4n) is 2.33. The molecule has 124 valence electrons. The summed E-state index contributed by atoms with van der Waals surface area (Å²) in [5, 5.41) is 11.5. The SMILES string of the molecule is [C-]#[N+]c1ccc(-c2ccc3nc(CC(=O)NCC(=O)O)sc3c2)cc1. The monoisotopic (exact) mass is 351 g/mol. The number of carbonyl (C=O) groups excluding carboxylic acids is 1. The van der Waals surface area contributed by atoms with Crippen molar-refractivity contribution in [3.63, 3.8) is 0 Å². The maximum atomic E-state index is 11.7. The summed E-state index contributed by atoms with van der Waals surface area (Å²) in [6.07, 6.45) is 0.0572. The smallest absolute Gasteiger partial charge is 0.322 e.